The van der Waals surface area contributed by atoms with Crippen molar-refractivity contribution in [2.24, 2.45) is 5.73 Å². The van der Waals surface area contributed by atoms with Gasteiger partial charge in [0.05, 0.1) is 5.69 Å². The lowest BCUT2D eigenvalue weighted by atomic mass is 10.2. The van der Waals surface area contributed by atoms with Crippen LogP contribution in [0.25, 0.3) is 0 Å². The molecule has 1 fully saturated rings. The van der Waals surface area contributed by atoms with E-state index >= 15 is 0 Å². The zero-order valence-corrected chi connectivity index (χ0v) is 10.8. The molecule has 1 aliphatic heterocycles. The van der Waals surface area contributed by atoms with Gasteiger partial charge in [-0.2, -0.15) is 11.8 Å². The number of hydrogen-bond acceptors (Lipinski definition) is 5. The lowest BCUT2D eigenvalue weighted by molar-refractivity contribution is 0.625. The van der Waals surface area contributed by atoms with E-state index in [9.17, 15) is 0 Å². The number of thiazole rings is 1. The molecule has 1 saturated heterocycles. The molecule has 0 aliphatic carbocycles. The van der Waals surface area contributed by atoms with Crippen molar-refractivity contribution in [3.05, 3.63) is 11.1 Å². The van der Waals surface area contributed by atoms with Gasteiger partial charge in [0, 0.05) is 35.5 Å². The van der Waals surface area contributed by atoms with Gasteiger partial charge in [-0.1, -0.05) is 6.92 Å². The van der Waals surface area contributed by atoms with Crippen LogP contribution in [0.15, 0.2) is 5.38 Å². The fourth-order valence-corrected chi connectivity index (χ4v) is 3.78. The average molecular weight is 243 g/mol. The van der Waals surface area contributed by atoms with E-state index in [-0.39, 0.29) is 0 Å². The van der Waals surface area contributed by atoms with Crippen molar-refractivity contribution in [3.63, 3.8) is 0 Å². The minimum atomic E-state index is 0.545. The standard InChI is InChI=1S/C10H17N3S2/c1-7-8(2)14-4-3-13(7)10-12-9(5-11)6-15-10/h6-8H,3-5,11H2,1-2H3. The van der Waals surface area contributed by atoms with Gasteiger partial charge in [-0.3, -0.25) is 0 Å². The van der Waals surface area contributed by atoms with Gasteiger partial charge in [0.25, 0.3) is 0 Å². The van der Waals surface area contributed by atoms with E-state index in [1.54, 1.807) is 11.3 Å². The maximum Gasteiger partial charge on any atom is 0.185 e. The third-order valence-corrected chi connectivity index (χ3v) is 5.14. The van der Waals surface area contributed by atoms with E-state index in [0.29, 0.717) is 17.8 Å². The molecule has 1 aromatic rings. The van der Waals surface area contributed by atoms with Gasteiger partial charge < -0.3 is 10.6 Å². The molecule has 0 bridgehead atoms. The first kappa shape index (κ1) is 11.2. The Morgan fingerprint density at radius 3 is 3.07 bits per heavy atom. The number of aromatic nitrogens is 1. The predicted octanol–water partition coefficient (Wildman–Crippen LogP) is 1.93. The summed E-state index contributed by atoms with van der Waals surface area (Å²) in [5, 5.41) is 3.88. The Balaban J connectivity index is 2.14. The SMILES string of the molecule is CC1SCCN(c2nc(CN)cs2)C1C. The second-order valence-corrected chi connectivity index (χ2v) is 6.16. The number of nitrogens with two attached hydrogens (primary N) is 1. The lowest BCUT2D eigenvalue weighted by Crippen LogP contribution is -2.44. The molecule has 0 aromatic carbocycles. The highest BCUT2D eigenvalue weighted by Crippen LogP contribution is 2.30. The average Bonchev–Trinajstić information content (AvgIpc) is 2.70. The summed E-state index contributed by atoms with van der Waals surface area (Å²) in [6, 6.07) is 0.570. The van der Waals surface area contributed by atoms with Crippen LogP contribution in [0.1, 0.15) is 19.5 Å². The minimum Gasteiger partial charge on any atom is -0.343 e. The molecule has 2 atom stereocenters. The third kappa shape index (κ3) is 2.29. The van der Waals surface area contributed by atoms with Crippen molar-refractivity contribution in [2.75, 3.05) is 17.2 Å². The zero-order chi connectivity index (χ0) is 10.8. The molecule has 2 rings (SSSR count). The summed E-state index contributed by atoms with van der Waals surface area (Å²) in [4.78, 5) is 6.96. The van der Waals surface area contributed by atoms with Crippen LogP contribution in [0.2, 0.25) is 0 Å². The lowest BCUT2D eigenvalue weighted by Gasteiger charge is -2.37. The molecule has 2 unspecified atom stereocenters. The molecule has 3 nitrogen and oxygen atoms in total. The van der Waals surface area contributed by atoms with Crippen molar-refractivity contribution >= 4 is 28.2 Å². The van der Waals surface area contributed by atoms with Gasteiger partial charge in [0.15, 0.2) is 5.13 Å². The molecule has 5 heteroatoms. The molecule has 84 valence electrons. The monoisotopic (exact) mass is 243 g/mol. The normalized spacial score (nSPS) is 27.0. The number of hydrogen-bond donors (Lipinski definition) is 1. The first-order chi connectivity index (χ1) is 7.22. The Morgan fingerprint density at radius 2 is 2.40 bits per heavy atom. The predicted molar refractivity (Wildman–Crippen MR) is 68.7 cm³/mol. The molecule has 0 amide bonds. The summed E-state index contributed by atoms with van der Waals surface area (Å²) >= 11 is 3.76. The van der Waals surface area contributed by atoms with E-state index in [2.05, 4.69) is 29.1 Å². The summed E-state index contributed by atoms with van der Waals surface area (Å²) < 4.78 is 0. The van der Waals surface area contributed by atoms with Crippen molar-refractivity contribution in [1.29, 1.82) is 0 Å². The van der Waals surface area contributed by atoms with Crippen LogP contribution >= 0.6 is 23.1 Å². The summed E-state index contributed by atoms with van der Waals surface area (Å²) in [5.41, 5.74) is 6.58. The van der Waals surface area contributed by atoms with Crippen molar-refractivity contribution in [2.45, 2.75) is 31.7 Å². The summed E-state index contributed by atoms with van der Waals surface area (Å²) in [5.74, 6) is 1.20. The second kappa shape index (κ2) is 4.72. The van der Waals surface area contributed by atoms with Crippen LogP contribution < -0.4 is 10.6 Å². The minimum absolute atomic E-state index is 0.545. The van der Waals surface area contributed by atoms with Crippen molar-refractivity contribution < 1.29 is 0 Å². The maximum atomic E-state index is 5.58. The van der Waals surface area contributed by atoms with Crippen molar-refractivity contribution in [1.82, 2.24) is 4.98 Å². The highest BCUT2D eigenvalue weighted by molar-refractivity contribution is 8.00. The van der Waals surface area contributed by atoms with E-state index in [4.69, 9.17) is 5.73 Å². The number of rotatable bonds is 2. The fraction of sp³-hybridized carbons (Fsp3) is 0.700. The highest BCUT2D eigenvalue weighted by Gasteiger charge is 2.26. The van der Waals surface area contributed by atoms with E-state index in [1.807, 2.05) is 11.8 Å². The molecule has 2 N–H and O–H groups in total. The first-order valence-electron chi connectivity index (χ1n) is 5.25. The molecular formula is C10H17N3S2. The summed E-state index contributed by atoms with van der Waals surface area (Å²) in [6.07, 6.45) is 0. The highest BCUT2D eigenvalue weighted by atomic mass is 32.2. The zero-order valence-electron chi connectivity index (χ0n) is 9.14. The van der Waals surface area contributed by atoms with E-state index in [0.717, 1.165) is 17.4 Å². The topological polar surface area (TPSA) is 42.2 Å². The molecular weight excluding hydrogens is 226 g/mol. The Morgan fingerprint density at radius 1 is 1.60 bits per heavy atom. The first-order valence-corrected chi connectivity index (χ1v) is 7.18. The molecule has 15 heavy (non-hydrogen) atoms. The number of anilines is 1. The Kier molecular flexibility index (Phi) is 3.53. The maximum absolute atomic E-state index is 5.58. The van der Waals surface area contributed by atoms with Gasteiger partial charge in [0.1, 0.15) is 0 Å². The van der Waals surface area contributed by atoms with Crippen LogP contribution in [0.3, 0.4) is 0 Å². The smallest absolute Gasteiger partial charge is 0.185 e. The summed E-state index contributed by atoms with van der Waals surface area (Å²) in [6.45, 7) is 6.22. The van der Waals surface area contributed by atoms with Gasteiger partial charge in [-0.25, -0.2) is 4.98 Å². The van der Waals surface area contributed by atoms with Gasteiger partial charge in [-0.05, 0) is 6.92 Å². The molecule has 1 aliphatic rings. The number of nitrogens with zero attached hydrogens (tertiary/aromatic N) is 2. The molecule has 0 spiro atoms. The second-order valence-electron chi connectivity index (χ2n) is 3.84. The third-order valence-electron chi connectivity index (χ3n) is 2.88. The van der Waals surface area contributed by atoms with E-state index in [1.165, 1.54) is 5.75 Å². The Bertz CT molecular complexity index is 326. The van der Waals surface area contributed by atoms with Crippen LogP contribution in [0, 0.1) is 0 Å². The number of thioether (sulfide) groups is 1. The van der Waals surface area contributed by atoms with Crippen LogP contribution in [-0.4, -0.2) is 28.6 Å². The van der Waals surface area contributed by atoms with Gasteiger partial charge >= 0.3 is 0 Å². The quantitative estimate of drug-likeness (QED) is 0.862. The van der Waals surface area contributed by atoms with Crippen molar-refractivity contribution in [3.8, 4) is 0 Å². The van der Waals surface area contributed by atoms with Gasteiger partial charge in [-0.15, -0.1) is 11.3 Å². The van der Waals surface area contributed by atoms with Crippen LogP contribution in [-0.2, 0) is 6.54 Å². The van der Waals surface area contributed by atoms with Crippen LogP contribution in [0.5, 0.6) is 0 Å². The van der Waals surface area contributed by atoms with Gasteiger partial charge in [0.2, 0.25) is 0 Å². The molecule has 0 saturated carbocycles. The fourth-order valence-electron chi connectivity index (χ4n) is 1.73. The molecule has 2 heterocycles. The van der Waals surface area contributed by atoms with Crippen LogP contribution in [0.4, 0.5) is 5.13 Å². The largest absolute Gasteiger partial charge is 0.343 e. The summed E-state index contributed by atoms with van der Waals surface area (Å²) in [7, 11) is 0. The molecule has 1 aromatic heterocycles. The Labute approximate surface area is 99.1 Å². The van der Waals surface area contributed by atoms with E-state index < -0.39 is 0 Å². The Hall–Kier alpha value is -0.260. The molecule has 0 radical (unpaired) electrons.